The monoisotopic (exact) mass is 212 g/mol. The first-order valence-electron chi connectivity index (χ1n) is 4.61. The summed E-state index contributed by atoms with van der Waals surface area (Å²) in [5.41, 5.74) is 0.190. The normalized spacial score (nSPS) is 14.4. The Morgan fingerprint density at radius 3 is 2.80 bits per heavy atom. The summed E-state index contributed by atoms with van der Waals surface area (Å²) in [5, 5.41) is 11.7. The molecule has 0 aliphatic rings. The van der Waals surface area contributed by atoms with Crippen LogP contribution in [-0.4, -0.2) is 28.1 Å². The molecule has 0 saturated carbocycles. The summed E-state index contributed by atoms with van der Waals surface area (Å²) in [6.07, 6.45) is 0.567. The molecular formula is C10H13FN2O2. The molecule has 1 rings (SSSR count). The van der Waals surface area contributed by atoms with Crippen molar-refractivity contribution < 1.29 is 14.3 Å². The standard InChI is InChI=1S/C10H13FN2O2/c1-6(7(2)14)13-10(15)8-3-4-12-9(11)5-8/h3-7,14H,1-2H3,(H,13,15). The summed E-state index contributed by atoms with van der Waals surface area (Å²) >= 11 is 0. The van der Waals surface area contributed by atoms with E-state index < -0.39 is 18.0 Å². The summed E-state index contributed by atoms with van der Waals surface area (Å²) in [4.78, 5) is 14.8. The van der Waals surface area contributed by atoms with Gasteiger partial charge in [-0.2, -0.15) is 4.39 Å². The molecule has 2 atom stereocenters. The van der Waals surface area contributed by atoms with Gasteiger partial charge in [-0.3, -0.25) is 4.79 Å². The van der Waals surface area contributed by atoms with Crippen LogP contribution in [0.25, 0.3) is 0 Å². The number of pyridine rings is 1. The molecule has 4 nitrogen and oxygen atoms in total. The van der Waals surface area contributed by atoms with E-state index in [4.69, 9.17) is 0 Å². The van der Waals surface area contributed by atoms with Crippen LogP contribution in [0.4, 0.5) is 4.39 Å². The van der Waals surface area contributed by atoms with Crippen molar-refractivity contribution in [3.05, 3.63) is 29.8 Å². The lowest BCUT2D eigenvalue weighted by Gasteiger charge is -2.16. The zero-order chi connectivity index (χ0) is 11.4. The molecule has 0 saturated heterocycles. The maximum Gasteiger partial charge on any atom is 0.251 e. The van der Waals surface area contributed by atoms with Crippen LogP contribution in [-0.2, 0) is 0 Å². The van der Waals surface area contributed by atoms with E-state index in [1.54, 1.807) is 13.8 Å². The fraction of sp³-hybridized carbons (Fsp3) is 0.400. The third-order valence-corrected chi connectivity index (χ3v) is 2.07. The van der Waals surface area contributed by atoms with Crippen molar-refractivity contribution in [1.29, 1.82) is 0 Å². The smallest absolute Gasteiger partial charge is 0.251 e. The van der Waals surface area contributed by atoms with E-state index in [2.05, 4.69) is 10.3 Å². The van der Waals surface area contributed by atoms with E-state index in [1.165, 1.54) is 12.3 Å². The van der Waals surface area contributed by atoms with Crippen molar-refractivity contribution in [1.82, 2.24) is 10.3 Å². The van der Waals surface area contributed by atoms with Crippen molar-refractivity contribution in [2.24, 2.45) is 0 Å². The van der Waals surface area contributed by atoms with Gasteiger partial charge in [-0.25, -0.2) is 4.98 Å². The Bertz CT molecular complexity index is 355. The molecule has 1 aromatic rings. The highest BCUT2D eigenvalue weighted by atomic mass is 19.1. The number of aliphatic hydroxyl groups is 1. The highest BCUT2D eigenvalue weighted by molar-refractivity contribution is 5.94. The van der Waals surface area contributed by atoms with Gasteiger partial charge >= 0.3 is 0 Å². The lowest BCUT2D eigenvalue weighted by atomic mass is 10.2. The van der Waals surface area contributed by atoms with Gasteiger partial charge in [-0.05, 0) is 19.9 Å². The molecule has 2 N–H and O–H groups in total. The Kier molecular flexibility index (Phi) is 3.74. The predicted molar refractivity (Wildman–Crippen MR) is 52.8 cm³/mol. The number of amides is 1. The summed E-state index contributed by atoms with van der Waals surface area (Å²) in [6, 6.07) is 2.07. The fourth-order valence-electron chi connectivity index (χ4n) is 0.954. The number of aliphatic hydroxyl groups excluding tert-OH is 1. The first kappa shape index (κ1) is 11.6. The molecular weight excluding hydrogens is 199 g/mol. The number of nitrogens with one attached hydrogen (secondary N) is 1. The van der Waals surface area contributed by atoms with Gasteiger partial charge in [0.15, 0.2) is 0 Å². The third kappa shape index (κ3) is 3.28. The molecule has 0 bridgehead atoms. The number of carbonyl (C=O) groups excluding carboxylic acids is 1. The molecule has 0 radical (unpaired) electrons. The van der Waals surface area contributed by atoms with Gasteiger partial charge in [0, 0.05) is 17.8 Å². The van der Waals surface area contributed by atoms with Gasteiger partial charge in [0.1, 0.15) is 0 Å². The molecule has 0 fully saturated rings. The largest absolute Gasteiger partial charge is 0.391 e. The molecule has 1 heterocycles. The zero-order valence-electron chi connectivity index (χ0n) is 8.57. The summed E-state index contributed by atoms with van der Waals surface area (Å²) in [5.74, 6) is -1.13. The lowest BCUT2D eigenvalue weighted by molar-refractivity contribution is 0.0873. The van der Waals surface area contributed by atoms with E-state index in [9.17, 15) is 14.3 Å². The molecule has 0 aromatic carbocycles. The van der Waals surface area contributed by atoms with Crippen molar-refractivity contribution in [3.63, 3.8) is 0 Å². The number of halogens is 1. The average Bonchev–Trinajstić information content (AvgIpc) is 2.17. The van der Waals surface area contributed by atoms with E-state index in [1.807, 2.05) is 0 Å². The SMILES string of the molecule is CC(O)C(C)NC(=O)c1ccnc(F)c1. The van der Waals surface area contributed by atoms with Gasteiger partial charge in [0.25, 0.3) is 5.91 Å². The molecule has 0 spiro atoms. The van der Waals surface area contributed by atoms with Gasteiger partial charge in [-0.15, -0.1) is 0 Å². The van der Waals surface area contributed by atoms with E-state index >= 15 is 0 Å². The third-order valence-electron chi connectivity index (χ3n) is 2.07. The number of hydrogen-bond donors (Lipinski definition) is 2. The highest BCUT2D eigenvalue weighted by Gasteiger charge is 2.13. The molecule has 1 amide bonds. The number of nitrogens with zero attached hydrogens (tertiary/aromatic N) is 1. The van der Waals surface area contributed by atoms with Gasteiger partial charge in [-0.1, -0.05) is 0 Å². The molecule has 0 aliphatic carbocycles. The van der Waals surface area contributed by atoms with Gasteiger partial charge in [0.2, 0.25) is 5.95 Å². The van der Waals surface area contributed by atoms with Crippen molar-refractivity contribution in [3.8, 4) is 0 Å². The maximum atomic E-state index is 12.7. The topological polar surface area (TPSA) is 62.2 Å². The Labute approximate surface area is 87.1 Å². The molecule has 5 heteroatoms. The molecule has 1 aromatic heterocycles. The number of aromatic nitrogens is 1. The van der Waals surface area contributed by atoms with Gasteiger partial charge < -0.3 is 10.4 Å². The van der Waals surface area contributed by atoms with Crippen LogP contribution in [0.2, 0.25) is 0 Å². The van der Waals surface area contributed by atoms with E-state index in [-0.39, 0.29) is 11.6 Å². The second kappa shape index (κ2) is 4.84. The fourth-order valence-corrected chi connectivity index (χ4v) is 0.954. The van der Waals surface area contributed by atoms with Crippen LogP contribution in [0.15, 0.2) is 18.3 Å². The minimum atomic E-state index is -0.702. The Morgan fingerprint density at radius 2 is 2.27 bits per heavy atom. The molecule has 0 aliphatic heterocycles. The second-order valence-electron chi connectivity index (χ2n) is 3.37. The Balaban J connectivity index is 2.69. The van der Waals surface area contributed by atoms with E-state index in [0.29, 0.717) is 0 Å². The quantitative estimate of drug-likeness (QED) is 0.726. The maximum absolute atomic E-state index is 12.7. The highest BCUT2D eigenvalue weighted by Crippen LogP contribution is 2.01. The van der Waals surface area contributed by atoms with Gasteiger partial charge in [0.05, 0.1) is 12.1 Å². The minimum absolute atomic E-state index is 0.190. The average molecular weight is 212 g/mol. The summed E-state index contributed by atoms with van der Waals surface area (Å²) in [6.45, 7) is 3.23. The molecule has 2 unspecified atom stereocenters. The van der Waals surface area contributed by atoms with Crippen LogP contribution in [0.1, 0.15) is 24.2 Å². The van der Waals surface area contributed by atoms with Crippen molar-refractivity contribution >= 4 is 5.91 Å². The van der Waals surface area contributed by atoms with Crippen LogP contribution in [0, 0.1) is 5.95 Å². The molecule has 15 heavy (non-hydrogen) atoms. The van der Waals surface area contributed by atoms with E-state index in [0.717, 1.165) is 6.07 Å². The summed E-state index contributed by atoms with van der Waals surface area (Å²) < 4.78 is 12.7. The first-order valence-corrected chi connectivity index (χ1v) is 4.61. The van der Waals surface area contributed by atoms with Crippen molar-refractivity contribution in [2.45, 2.75) is 26.0 Å². The number of carbonyl (C=O) groups is 1. The lowest BCUT2D eigenvalue weighted by Crippen LogP contribution is -2.39. The summed E-state index contributed by atoms with van der Waals surface area (Å²) in [7, 11) is 0. The first-order chi connectivity index (χ1) is 7.00. The predicted octanol–water partition coefficient (Wildman–Crippen LogP) is 0.720. The minimum Gasteiger partial charge on any atom is -0.391 e. The molecule has 82 valence electrons. The van der Waals surface area contributed by atoms with Crippen molar-refractivity contribution in [2.75, 3.05) is 0 Å². The van der Waals surface area contributed by atoms with Crippen LogP contribution in [0.3, 0.4) is 0 Å². The van der Waals surface area contributed by atoms with Crippen LogP contribution >= 0.6 is 0 Å². The zero-order valence-corrected chi connectivity index (χ0v) is 8.57. The second-order valence-corrected chi connectivity index (χ2v) is 3.37. The van der Waals surface area contributed by atoms with Crippen LogP contribution < -0.4 is 5.32 Å². The van der Waals surface area contributed by atoms with Crippen LogP contribution in [0.5, 0.6) is 0 Å². The Hall–Kier alpha value is -1.49. The number of rotatable bonds is 3. The number of hydrogen-bond acceptors (Lipinski definition) is 3. The Morgan fingerprint density at radius 1 is 1.60 bits per heavy atom.